The third-order valence-electron chi connectivity index (χ3n) is 1.66. The third kappa shape index (κ3) is 2.19. The number of nitrogens with zero attached hydrogens (tertiary/aromatic N) is 1. The van der Waals surface area contributed by atoms with Crippen LogP contribution in [0.1, 0.15) is 11.7 Å². The first-order valence-corrected chi connectivity index (χ1v) is 4.04. The number of aliphatic hydroxyl groups is 2. The second-order valence-electron chi connectivity index (χ2n) is 2.54. The number of nitriles is 1. The quantitative estimate of drug-likeness (QED) is 0.702. The maximum atomic E-state index is 9.41. The van der Waals surface area contributed by atoms with Gasteiger partial charge in [-0.15, -0.1) is 0 Å². The van der Waals surface area contributed by atoms with Crippen LogP contribution < -0.4 is 0 Å². The zero-order valence-corrected chi connectivity index (χ0v) is 7.44. The van der Waals surface area contributed by atoms with E-state index in [1.165, 1.54) is 6.07 Å². The summed E-state index contributed by atoms with van der Waals surface area (Å²) in [6, 6.07) is 8.07. The molecule has 0 aliphatic carbocycles. The number of benzene rings is 1. The molecule has 0 aliphatic heterocycles. The van der Waals surface area contributed by atoms with Crippen LogP contribution >= 0.6 is 11.6 Å². The van der Waals surface area contributed by atoms with Crippen molar-refractivity contribution in [3.8, 4) is 6.07 Å². The highest BCUT2D eigenvalue weighted by atomic mass is 35.5. The van der Waals surface area contributed by atoms with Crippen molar-refractivity contribution < 1.29 is 10.2 Å². The minimum Gasteiger partial charge on any atom is -0.384 e. The van der Waals surface area contributed by atoms with Crippen LogP contribution in [0.4, 0.5) is 0 Å². The Bertz CT molecular complexity index is 335. The average molecular weight is 198 g/mol. The lowest BCUT2D eigenvalue weighted by Crippen LogP contribution is -2.15. The molecule has 1 rings (SSSR count). The smallest absolute Gasteiger partial charge is 0.170 e. The summed E-state index contributed by atoms with van der Waals surface area (Å²) >= 11 is 5.74. The van der Waals surface area contributed by atoms with Crippen molar-refractivity contribution in [2.24, 2.45) is 0 Å². The highest BCUT2D eigenvalue weighted by Crippen LogP contribution is 2.24. The van der Waals surface area contributed by atoms with Crippen molar-refractivity contribution in [3.05, 3.63) is 34.9 Å². The number of hydrogen-bond donors (Lipinski definition) is 2. The van der Waals surface area contributed by atoms with Gasteiger partial charge in [-0.3, -0.25) is 0 Å². The summed E-state index contributed by atoms with van der Waals surface area (Å²) in [5.74, 6) is 0. The molecule has 4 heteroatoms. The van der Waals surface area contributed by atoms with E-state index in [0.717, 1.165) is 0 Å². The van der Waals surface area contributed by atoms with Gasteiger partial charge in [-0.05, 0) is 6.07 Å². The predicted molar refractivity (Wildman–Crippen MR) is 48.0 cm³/mol. The van der Waals surface area contributed by atoms with Gasteiger partial charge in [0.25, 0.3) is 0 Å². The zero-order chi connectivity index (χ0) is 9.84. The summed E-state index contributed by atoms with van der Waals surface area (Å²) in [6.45, 7) is 0. The summed E-state index contributed by atoms with van der Waals surface area (Å²) < 4.78 is 0. The highest BCUT2D eigenvalue weighted by Gasteiger charge is 2.19. The summed E-state index contributed by atoms with van der Waals surface area (Å²) in [6.07, 6.45) is -2.70. The second kappa shape index (κ2) is 4.24. The highest BCUT2D eigenvalue weighted by molar-refractivity contribution is 6.31. The van der Waals surface area contributed by atoms with Gasteiger partial charge in [0.05, 0.1) is 6.07 Å². The largest absolute Gasteiger partial charge is 0.384 e. The van der Waals surface area contributed by atoms with E-state index in [1.54, 1.807) is 24.3 Å². The Kier molecular flexibility index (Phi) is 3.26. The minimum atomic E-state index is -1.44. The summed E-state index contributed by atoms with van der Waals surface area (Å²) in [4.78, 5) is 0. The Morgan fingerprint density at radius 1 is 1.31 bits per heavy atom. The van der Waals surface area contributed by atoms with Crippen molar-refractivity contribution in [2.45, 2.75) is 12.2 Å². The van der Waals surface area contributed by atoms with Crippen LogP contribution in [0.5, 0.6) is 0 Å². The Morgan fingerprint density at radius 2 is 1.92 bits per heavy atom. The van der Waals surface area contributed by atoms with E-state index in [2.05, 4.69) is 0 Å². The molecular weight excluding hydrogens is 190 g/mol. The number of rotatable bonds is 2. The van der Waals surface area contributed by atoms with Gasteiger partial charge in [-0.2, -0.15) is 5.26 Å². The topological polar surface area (TPSA) is 64.2 Å². The van der Waals surface area contributed by atoms with E-state index >= 15 is 0 Å². The normalized spacial score (nSPS) is 14.6. The molecule has 0 aliphatic rings. The molecule has 1 aromatic rings. The Morgan fingerprint density at radius 3 is 2.46 bits per heavy atom. The fraction of sp³-hybridized carbons (Fsp3) is 0.222. The van der Waals surface area contributed by atoms with Crippen molar-refractivity contribution in [1.29, 1.82) is 5.26 Å². The van der Waals surface area contributed by atoms with Crippen LogP contribution in [0.25, 0.3) is 0 Å². The summed E-state index contributed by atoms with van der Waals surface area (Å²) in [5.41, 5.74) is 0.359. The first-order valence-electron chi connectivity index (χ1n) is 3.67. The van der Waals surface area contributed by atoms with Crippen LogP contribution in [0.15, 0.2) is 24.3 Å². The molecule has 2 unspecified atom stereocenters. The minimum absolute atomic E-state index is 0.337. The molecule has 2 atom stereocenters. The molecule has 0 heterocycles. The molecule has 13 heavy (non-hydrogen) atoms. The molecule has 0 aromatic heterocycles. The maximum absolute atomic E-state index is 9.41. The fourth-order valence-corrected chi connectivity index (χ4v) is 1.20. The van der Waals surface area contributed by atoms with Gasteiger partial charge in [0, 0.05) is 10.6 Å². The van der Waals surface area contributed by atoms with Gasteiger partial charge in [-0.25, -0.2) is 0 Å². The zero-order valence-electron chi connectivity index (χ0n) is 6.68. The lowest BCUT2D eigenvalue weighted by molar-refractivity contribution is 0.0528. The maximum Gasteiger partial charge on any atom is 0.170 e. The Balaban J connectivity index is 2.96. The number of aliphatic hydroxyl groups excluding tert-OH is 2. The first-order chi connectivity index (χ1) is 6.16. The van der Waals surface area contributed by atoms with Gasteiger partial charge in [0.15, 0.2) is 6.10 Å². The molecular formula is C9H8ClNO2. The molecule has 0 saturated carbocycles. The molecule has 2 N–H and O–H groups in total. The van der Waals surface area contributed by atoms with E-state index in [1.807, 2.05) is 0 Å². The number of hydrogen-bond acceptors (Lipinski definition) is 3. The molecule has 3 nitrogen and oxygen atoms in total. The standard InChI is InChI=1S/C9H8ClNO2/c10-7-4-2-1-3-6(7)9(13)8(12)5-11/h1-4,8-9,12-13H. The molecule has 0 spiro atoms. The van der Waals surface area contributed by atoms with E-state index in [0.29, 0.717) is 10.6 Å². The van der Waals surface area contributed by atoms with Gasteiger partial charge in [-0.1, -0.05) is 29.8 Å². The van der Waals surface area contributed by atoms with Crippen molar-refractivity contribution in [1.82, 2.24) is 0 Å². The fourth-order valence-electron chi connectivity index (χ4n) is 0.956. The summed E-state index contributed by atoms with van der Waals surface area (Å²) in [5, 5.41) is 27.1. The van der Waals surface area contributed by atoms with E-state index in [9.17, 15) is 5.11 Å². The van der Waals surface area contributed by atoms with Crippen molar-refractivity contribution in [3.63, 3.8) is 0 Å². The SMILES string of the molecule is N#CC(O)C(O)c1ccccc1Cl. The first kappa shape index (κ1) is 10.0. The van der Waals surface area contributed by atoms with Crippen molar-refractivity contribution >= 4 is 11.6 Å². The lowest BCUT2D eigenvalue weighted by Gasteiger charge is -2.12. The lowest BCUT2D eigenvalue weighted by atomic mass is 10.1. The molecule has 1 aromatic carbocycles. The Hall–Kier alpha value is -1.08. The van der Waals surface area contributed by atoms with E-state index < -0.39 is 12.2 Å². The molecule has 0 fully saturated rings. The third-order valence-corrected chi connectivity index (χ3v) is 2.00. The van der Waals surface area contributed by atoms with Crippen LogP contribution in [0.2, 0.25) is 5.02 Å². The monoisotopic (exact) mass is 197 g/mol. The van der Waals surface area contributed by atoms with E-state index in [4.69, 9.17) is 22.0 Å². The van der Waals surface area contributed by atoms with Crippen LogP contribution in [0, 0.1) is 11.3 Å². The number of halogens is 1. The Labute approximate surface area is 80.8 Å². The van der Waals surface area contributed by atoms with Crippen LogP contribution in [-0.2, 0) is 0 Å². The van der Waals surface area contributed by atoms with Crippen molar-refractivity contribution in [2.75, 3.05) is 0 Å². The molecule has 0 saturated heterocycles. The van der Waals surface area contributed by atoms with Gasteiger partial charge >= 0.3 is 0 Å². The molecule has 0 radical (unpaired) electrons. The van der Waals surface area contributed by atoms with Gasteiger partial charge < -0.3 is 10.2 Å². The summed E-state index contributed by atoms with van der Waals surface area (Å²) in [7, 11) is 0. The second-order valence-corrected chi connectivity index (χ2v) is 2.95. The van der Waals surface area contributed by atoms with E-state index in [-0.39, 0.29) is 0 Å². The average Bonchev–Trinajstić information content (AvgIpc) is 2.16. The predicted octanol–water partition coefficient (Wildman–Crippen LogP) is 1.26. The van der Waals surface area contributed by atoms with Crippen LogP contribution in [-0.4, -0.2) is 16.3 Å². The molecule has 0 amide bonds. The van der Waals surface area contributed by atoms with Crippen LogP contribution in [0.3, 0.4) is 0 Å². The molecule has 0 bridgehead atoms. The van der Waals surface area contributed by atoms with Gasteiger partial charge in [0.1, 0.15) is 6.10 Å². The van der Waals surface area contributed by atoms with Gasteiger partial charge in [0.2, 0.25) is 0 Å². The molecule has 68 valence electrons.